The number of nitrogens with one attached hydrogen (secondary N) is 3. The van der Waals surface area contributed by atoms with Crippen molar-refractivity contribution in [3.05, 3.63) is 40.4 Å². The maximum absolute atomic E-state index is 12.2. The highest BCUT2D eigenvalue weighted by Crippen LogP contribution is 2.28. The average Bonchev–Trinajstić information content (AvgIpc) is 3.27. The number of methoxy groups -OCH3 is 2. The van der Waals surface area contributed by atoms with Crippen LogP contribution in [0.2, 0.25) is 0 Å². The highest BCUT2D eigenvalue weighted by atomic mass is 32.1. The van der Waals surface area contributed by atoms with Crippen LogP contribution < -0.4 is 30.3 Å². The van der Waals surface area contributed by atoms with Crippen molar-refractivity contribution < 1.29 is 19.0 Å². The quantitative estimate of drug-likeness (QED) is 0.346. The zero-order chi connectivity index (χ0) is 25.5. The zero-order valence-electron chi connectivity index (χ0n) is 20.9. The highest BCUT2D eigenvalue weighted by molar-refractivity contribution is 7.17. The third kappa shape index (κ3) is 6.13. The molecule has 3 N–H and O–H groups in total. The summed E-state index contributed by atoms with van der Waals surface area (Å²) in [6.45, 7) is 7.77. The SMILES string of the molecule is CCOC(=O)c1sc(Nc2nc(NCc3cc(OC)ccc3OC)cc(N3CCNCC3)n2)nc1C. The van der Waals surface area contributed by atoms with E-state index in [0.717, 1.165) is 49.1 Å². The maximum atomic E-state index is 12.2. The Kier molecular flexibility index (Phi) is 8.39. The number of aryl methyl sites for hydroxylation is 1. The molecule has 4 rings (SSSR count). The molecule has 0 bridgehead atoms. The molecule has 1 saturated heterocycles. The molecule has 1 fully saturated rings. The van der Waals surface area contributed by atoms with E-state index in [0.29, 0.717) is 40.6 Å². The number of carbonyl (C=O) groups excluding carboxylic acids is 1. The Morgan fingerprint density at radius 2 is 1.94 bits per heavy atom. The van der Waals surface area contributed by atoms with E-state index in [1.807, 2.05) is 24.3 Å². The number of hydrogen-bond donors (Lipinski definition) is 3. The van der Waals surface area contributed by atoms with Crippen LogP contribution in [-0.4, -0.2) is 67.9 Å². The molecule has 2 aromatic heterocycles. The Hall–Kier alpha value is -3.64. The van der Waals surface area contributed by atoms with Crippen LogP contribution in [0.3, 0.4) is 0 Å². The van der Waals surface area contributed by atoms with Gasteiger partial charge in [-0.1, -0.05) is 11.3 Å². The second-order valence-corrected chi connectivity index (χ2v) is 8.98. The first-order valence-corrected chi connectivity index (χ1v) is 12.5. The van der Waals surface area contributed by atoms with Gasteiger partial charge in [0.25, 0.3) is 0 Å². The van der Waals surface area contributed by atoms with Crippen molar-refractivity contribution in [2.75, 3.05) is 62.5 Å². The molecule has 0 atom stereocenters. The molecule has 12 heteroatoms. The van der Waals surface area contributed by atoms with E-state index in [-0.39, 0.29) is 5.97 Å². The van der Waals surface area contributed by atoms with Gasteiger partial charge < -0.3 is 29.7 Å². The fourth-order valence-electron chi connectivity index (χ4n) is 3.77. The van der Waals surface area contributed by atoms with Gasteiger partial charge in [-0.15, -0.1) is 0 Å². The number of piperazine rings is 1. The summed E-state index contributed by atoms with van der Waals surface area (Å²) < 4.78 is 16.0. The number of nitrogens with zero attached hydrogens (tertiary/aromatic N) is 4. The molecule has 0 amide bonds. The minimum absolute atomic E-state index is 0.307. The molecular weight excluding hydrogens is 482 g/mol. The van der Waals surface area contributed by atoms with Crippen LogP contribution in [0.1, 0.15) is 27.9 Å². The number of thiazole rings is 1. The Morgan fingerprint density at radius 3 is 2.67 bits per heavy atom. The Bertz CT molecular complexity index is 1200. The number of esters is 1. The monoisotopic (exact) mass is 513 g/mol. The minimum atomic E-state index is -0.384. The standard InChI is InChI=1S/C24H31N7O4S/c1-5-35-22(32)21-15(2)27-24(36-21)30-23-28-19(13-20(29-23)31-10-8-25-9-11-31)26-14-16-12-17(33-3)6-7-18(16)34-4/h6-7,12-13,25H,5,8-11,14H2,1-4H3,(H2,26,27,28,29,30). The smallest absolute Gasteiger partial charge is 0.350 e. The van der Waals surface area contributed by atoms with Crippen LogP contribution in [-0.2, 0) is 11.3 Å². The minimum Gasteiger partial charge on any atom is -0.497 e. The lowest BCUT2D eigenvalue weighted by Crippen LogP contribution is -2.44. The van der Waals surface area contributed by atoms with Crippen LogP contribution in [0.15, 0.2) is 24.3 Å². The maximum Gasteiger partial charge on any atom is 0.350 e. The largest absolute Gasteiger partial charge is 0.497 e. The molecule has 1 aromatic carbocycles. The van der Waals surface area contributed by atoms with Crippen molar-refractivity contribution >= 4 is 40.0 Å². The number of rotatable bonds is 10. The summed E-state index contributed by atoms with van der Waals surface area (Å²) in [6, 6.07) is 7.60. The molecule has 1 aliphatic rings. The number of benzene rings is 1. The normalized spacial score (nSPS) is 13.3. The lowest BCUT2D eigenvalue weighted by Gasteiger charge is -2.28. The molecule has 1 aliphatic heterocycles. The van der Waals surface area contributed by atoms with Crippen LogP contribution in [0.4, 0.5) is 22.7 Å². The third-order valence-corrected chi connectivity index (χ3v) is 6.63. The predicted molar refractivity (Wildman–Crippen MR) is 140 cm³/mol. The van der Waals surface area contributed by atoms with E-state index in [1.54, 1.807) is 28.1 Å². The molecule has 3 aromatic rings. The van der Waals surface area contributed by atoms with Crippen molar-refractivity contribution in [2.45, 2.75) is 20.4 Å². The van der Waals surface area contributed by atoms with Gasteiger partial charge >= 0.3 is 5.97 Å². The van der Waals surface area contributed by atoms with Gasteiger partial charge in [0.05, 0.1) is 26.5 Å². The molecular formula is C24H31N7O4S. The highest BCUT2D eigenvalue weighted by Gasteiger charge is 2.19. The number of ether oxygens (including phenoxy) is 3. The summed E-state index contributed by atoms with van der Waals surface area (Å²) in [7, 11) is 3.27. The van der Waals surface area contributed by atoms with E-state index in [2.05, 4.69) is 30.8 Å². The van der Waals surface area contributed by atoms with Crippen molar-refractivity contribution in [3.8, 4) is 11.5 Å². The van der Waals surface area contributed by atoms with Gasteiger partial charge in [-0.05, 0) is 32.0 Å². The molecule has 0 aliphatic carbocycles. The van der Waals surface area contributed by atoms with Crippen molar-refractivity contribution in [2.24, 2.45) is 0 Å². The van der Waals surface area contributed by atoms with Crippen molar-refractivity contribution in [1.82, 2.24) is 20.3 Å². The van der Waals surface area contributed by atoms with Gasteiger partial charge in [-0.2, -0.15) is 9.97 Å². The van der Waals surface area contributed by atoms with Crippen LogP contribution >= 0.6 is 11.3 Å². The van der Waals surface area contributed by atoms with Gasteiger partial charge in [0, 0.05) is 44.4 Å². The lowest BCUT2D eigenvalue weighted by molar-refractivity contribution is 0.0531. The first-order valence-electron chi connectivity index (χ1n) is 11.7. The number of anilines is 4. The summed E-state index contributed by atoms with van der Waals surface area (Å²) >= 11 is 1.22. The van der Waals surface area contributed by atoms with Gasteiger partial charge in [-0.3, -0.25) is 5.32 Å². The van der Waals surface area contributed by atoms with Gasteiger partial charge in [-0.25, -0.2) is 9.78 Å². The second kappa shape index (κ2) is 11.9. The molecule has 36 heavy (non-hydrogen) atoms. The van der Waals surface area contributed by atoms with Crippen LogP contribution in [0.5, 0.6) is 11.5 Å². The average molecular weight is 514 g/mol. The second-order valence-electron chi connectivity index (χ2n) is 7.98. The summed E-state index contributed by atoms with van der Waals surface area (Å²) in [5.41, 5.74) is 1.53. The molecule has 192 valence electrons. The summed E-state index contributed by atoms with van der Waals surface area (Å²) in [5, 5.41) is 10.4. The lowest BCUT2D eigenvalue weighted by atomic mass is 10.2. The molecule has 0 saturated carbocycles. The first-order chi connectivity index (χ1) is 17.5. The third-order valence-electron chi connectivity index (χ3n) is 5.58. The van der Waals surface area contributed by atoms with Gasteiger partial charge in [0.2, 0.25) is 5.95 Å². The Balaban J connectivity index is 1.60. The fraction of sp³-hybridized carbons (Fsp3) is 0.417. The van der Waals surface area contributed by atoms with E-state index in [4.69, 9.17) is 19.2 Å². The zero-order valence-corrected chi connectivity index (χ0v) is 21.7. The van der Waals surface area contributed by atoms with Gasteiger partial charge in [0.1, 0.15) is 28.0 Å². The molecule has 0 spiro atoms. The number of carbonyl (C=O) groups is 1. The van der Waals surface area contributed by atoms with Crippen molar-refractivity contribution in [1.29, 1.82) is 0 Å². The van der Waals surface area contributed by atoms with E-state index in [9.17, 15) is 4.79 Å². The Labute approximate surface area is 214 Å². The molecule has 0 unspecified atom stereocenters. The van der Waals surface area contributed by atoms with Crippen molar-refractivity contribution in [3.63, 3.8) is 0 Å². The summed E-state index contributed by atoms with van der Waals surface area (Å²) in [4.78, 5) is 28.7. The fourth-order valence-corrected chi connectivity index (χ4v) is 4.63. The topological polar surface area (TPSA) is 123 Å². The predicted octanol–water partition coefficient (Wildman–Crippen LogP) is 3.20. The summed E-state index contributed by atoms with van der Waals surface area (Å²) in [6.07, 6.45) is 0. The van der Waals surface area contributed by atoms with Crippen LogP contribution in [0.25, 0.3) is 0 Å². The summed E-state index contributed by atoms with van der Waals surface area (Å²) in [5.74, 6) is 2.94. The molecule has 11 nitrogen and oxygen atoms in total. The van der Waals surface area contributed by atoms with E-state index >= 15 is 0 Å². The molecule has 3 heterocycles. The van der Waals surface area contributed by atoms with Gasteiger partial charge in [0.15, 0.2) is 5.13 Å². The molecule has 0 radical (unpaired) electrons. The first kappa shape index (κ1) is 25.5. The Morgan fingerprint density at radius 1 is 1.14 bits per heavy atom. The van der Waals surface area contributed by atoms with E-state index < -0.39 is 0 Å². The van der Waals surface area contributed by atoms with Crippen LogP contribution in [0, 0.1) is 6.92 Å². The van der Waals surface area contributed by atoms with E-state index in [1.165, 1.54) is 11.3 Å². The number of aromatic nitrogens is 3. The number of hydrogen-bond acceptors (Lipinski definition) is 12.